The summed E-state index contributed by atoms with van der Waals surface area (Å²) in [7, 11) is 0. The lowest BCUT2D eigenvalue weighted by atomic mass is 9.92. The molecule has 106 valence electrons. The Morgan fingerprint density at radius 2 is 2.11 bits per heavy atom. The van der Waals surface area contributed by atoms with E-state index < -0.39 is 6.04 Å². The van der Waals surface area contributed by atoms with E-state index in [1.807, 2.05) is 13.8 Å². The maximum absolute atomic E-state index is 11.8. The van der Waals surface area contributed by atoms with Crippen LogP contribution in [0.3, 0.4) is 0 Å². The molecule has 5 heteroatoms. The Balaban J connectivity index is 2.11. The van der Waals surface area contributed by atoms with Gasteiger partial charge in [0.15, 0.2) is 0 Å². The summed E-state index contributed by atoms with van der Waals surface area (Å²) in [5, 5.41) is 2.87. The average molecular weight is 258 g/mol. The molecular weight excluding hydrogens is 232 g/mol. The first-order valence-corrected chi connectivity index (χ1v) is 6.84. The van der Waals surface area contributed by atoms with E-state index in [-0.39, 0.29) is 17.9 Å². The number of rotatable bonds is 7. The molecule has 0 aliphatic carbocycles. The van der Waals surface area contributed by atoms with Gasteiger partial charge >= 0.3 is 0 Å². The zero-order valence-electron chi connectivity index (χ0n) is 11.5. The third-order valence-corrected chi connectivity index (χ3v) is 3.15. The van der Waals surface area contributed by atoms with E-state index in [4.69, 9.17) is 15.2 Å². The summed E-state index contributed by atoms with van der Waals surface area (Å²) in [6, 6.07) is -0.403. The first-order valence-electron chi connectivity index (χ1n) is 6.84. The van der Waals surface area contributed by atoms with E-state index in [2.05, 4.69) is 5.32 Å². The van der Waals surface area contributed by atoms with Crippen LogP contribution in [0.15, 0.2) is 0 Å². The van der Waals surface area contributed by atoms with Gasteiger partial charge in [0.2, 0.25) is 5.91 Å². The molecule has 0 radical (unpaired) electrons. The zero-order chi connectivity index (χ0) is 13.4. The highest BCUT2D eigenvalue weighted by Gasteiger charge is 2.26. The van der Waals surface area contributed by atoms with Crippen molar-refractivity contribution in [3.63, 3.8) is 0 Å². The topological polar surface area (TPSA) is 73.6 Å². The van der Waals surface area contributed by atoms with Gasteiger partial charge in [-0.25, -0.2) is 0 Å². The second-order valence-corrected chi connectivity index (χ2v) is 5.04. The average Bonchev–Trinajstić information content (AvgIpc) is 2.38. The molecule has 1 heterocycles. The summed E-state index contributed by atoms with van der Waals surface area (Å²) in [5.74, 6) is 0.206. The second-order valence-electron chi connectivity index (χ2n) is 5.04. The number of carbonyl (C=O) groups is 1. The fourth-order valence-electron chi connectivity index (χ4n) is 2.01. The van der Waals surface area contributed by atoms with Crippen molar-refractivity contribution >= 4 is 5.91 Å². The summed E-state index contributed by atoms with van der Waals surface area (Å²) >= 11 is 0. The molecule has 0 aromatic heterocycles. The second kappa shape index (κ2) is 8.45. The van der Waals surface area contributed by atoms with Crippen LogP contribution in [0, 0.1) is 5.92 Å². The quantitative estimate of drug-likeness (QED) is 0.658. The monoisotopic (exact) mass is 258 g/mol. The van der Waals surface area contributed by atoms with Crippen LogP contribution in [-0.2, 0) is 14.3 Å². The van der Waals surface area contributed by atoms with Crippen molar-refractivity contribution in [2.45, 2.75) is 45.3 Å². The van der Waals surface area contributed by atoms with Crippen LogP contribution in [0.2, 0.25) is 0 Å². The molecular formula is C13H26N2O3. The van der Waals surface area contributed by atoms with Gasteiger partial charge in [-0.3, -0.25) is 4.79 Å². The van der Waals surface area contributed by atoms with Gasteiger partial charge in [0.1, 0.15) is 0 Å². The summed E-state index contributed by atoms with van der Waals surface area (Å²) in [6.07, 6.45) is 2.82. The molecule has 3 N–H and O–H groups in total. The van der Waals surface area contributed by atoms with Gasteiger partial charge < -0.3 is 20.5 Å². The maximum Gasteiger partial charge on any atom is 0.237 e. The number of hydrogen-bond acceptors (Lipinski definition) is 4. The van der Waals surface area contributed by atoms with Crippen LogP contribution in [-0.4, -0.2) is 44.4 Å². The molecule has 0 aromatic carbocycles. The minimum atomic E-state index is -0.403. The molecule has 0 spiro atoms. The van der Waals surface area contributed by atoms with Crippen LogP contribution in [0.25, 0.3) is 0 Å². The van der Waals surface area contributed by atoms with Gasteiger partial charge in [-0.05, 0) is 39.0 Å². The normalized spacial score (nSPS) is 18.9. The van der Waals surface area contributed by atoms with Crippen molar-refractivity contribution < 1.29 is 14.3 Å². The van der Waals surface area contributed by atoms with Crippen molar-refractivity contribution in [3.8, 4) is 0 Å². The van der Waals surface area contributed by atoms with Crippen molar-refractivity contribution in [1.82, 2.24) is 5.32 Å². The van der Waals surface area contributed by atoms with E-state index in [1.54, 1.807) is 0 Å². The van der Waals surface area contributed by atoms with Crippen molar-refractivity contribution in [2.75, 3.05) is 26.4 Å². The molecule has 0 bridgehead atoms. The fraction of sp³-hybridized carbons (Fsp3) is 0.923. The number of amides is 1. The van der Waals surface area contributed by atoms with Gasteiger partial charge in [0.25, 0.3) is 0 Å². The van der Waals surface area contributed by atoms with Crippen LogP contribution in [0.4, 0.5) is 0 Å². The molecule has 5 nitrogen and oxygen atoms in total. The highest BCUT2D eigenvalue weighted by atomic mass is 16.5. The standard InChI is InChI=1S/C13H26N2O3/c1-10(2)18-7-3-6-15-13(16)12(14)11-4-8-17-9-5-11/h10-12H,3-9,14H2,1-2H3,(H,15,16). The van der Waals surface area contributed by atoms with Gasteiger partial charge in [0, 0.05) is 26.4 Å². The first kappa shape index (κ1) is 15.4. The summed E-state index contributed by atoms with van der Waals surface area (Å²) in [5.41, 5.74) is 5.96. The Kier molecular flexibility index (Phi) is 7.23. The summed E-state index contributed by atoms with van der Waals surface area (Å²) in [6.45, 7) is 6.73. The predicted octanol–water partition coefficient (Wildman–Crippen LogP) is 0.672. The lowest BCUT2D eigenvalue weighted by molar-refractivity contribution is -0.124. The Labute approximate surface area is 109 Å². The molecule has 1 fully saturated rings. The third kappa shape index (κ3) is 5.80. The highest BCUT2D eigenvalue weighted by molar-refractivity contribution is 5.81. The number of ether oxygens (including phenoxy) is 2. The van der Waals surface area contributed by atoms with E-state index in [1.165, 1.54) is 0 Å². The predicted molar refractivity (Wildman–Crippen MR) is 70.2 cm³/mol. The molecule has 1 atom stereocenters. The SMILES string of the molecule is CC(C)OCCCNC(=O)C(N)C1CCOCC1. The van der Waals surface area contributed by atoms with Crippen LogP contribution in [0.5, 0.6) is 0 Å². The molecule has 1 amide bonds. The van der Waals surface area contributed by atoms with E-state index in [0.717, 1.165) is 19.3 Å². The van der Waals surface area contributed by atoms with Gasteiger partial charge in [-0.15, -0.1) is 0 Å². The van der Waals surface area contributed by atoms with Crippen LogP contribution >= 0.6 is 0 Å². The molecule has 0 saturated carbocycles. The molecule has 1 aliphatic heterocycles. The number of nitrogens with two attached hydrogens (primary N) is 1. The molecule has 1 aliphatic rings. The number of hydrogen-bond donors (Lipinski definition) is 2. The lowest BCUT2D eigenvalue weighted by Gasteiger charge is -2.26. The largest absolute Gasteiger partial charge is 0.381 e. The zero-order valence-corrected chi connectivity index (χ0v) is 11.5. The molecule has 18 heavy (non-hydrogen) atoms. The lowest BCUT2D eigenvalue weighted by Crippen LogP contribution is -2.47. The maximum atomic E-state index is 11.8. The Morgan fingerprint density at radius 1 is 1.44 bits per heavy atom. The van der Waals surface area contributed by atoms with Crippen LogP contribution in [0.1, 0.15) is 33.1 Å². The van der Waals surface area contributed by atoms with Gasteiger partial charge in [-0.1, -0.05) is 0 Å². The fourth-order valence-corrected chi connectivity index (χ4v) is 2.01. The summed E-state index contributed by atoms with van der Waals surface area (Å²) < 4.78 is 10.7. The number of nitrogens with one attached hydrogen (secondary N) is 1. The van der Waals surface area contributed by atoms with E-state index in [9.17, 15) is 4.79 Å². The van der Waals surface area contributed by atoms with Crippen LogP contribution < -0.4 is 11.1 Å². The van der Waals surface area contributed by atoms with Gasteiger partial charge in [0.05, 0.1) is 12.1 Å². The Morgan fingerprint density at radius 3 is 2.72 bits per heavy atom. The number of carbonyl (C=O) groups excluding carboxylic acids is 1. The van der Waals surface area contributed by atoms with Crippen molar-refractivity contribution in [1.29, 1.82) is 0 Å². The van der Waals surface area contributed by atoms with E-state index >= 15 is 0 Å². The van der Waals surface area contributed by atoms with Crippen molar-refractivity contribution in [2.24, 2.45) is 11.7 Å². The summed E-state index contributed by atoms with van der Waals surface area (Å²) in [4.78, 5) is 11.8. The molecule has 1 rings (SSSR count). The smallest absolute Gasteiger partial charge is 0.237 e. The molecule has 1 saturated heterocycles. The molecule has 0 aromatic rings. The molecule has 1 unspecified atom stereocenters. The van der Waals surface area contributed by atoms with Gasteiger partial charge in [-0.2, -0.15) is 0 Å². The first-order chi connectivity index (χ1) is 8.61. The van der Waals surface area contributed by atoms with Crippen molar-refractivity contribution in [3.05, 3.63) is 0 Å². The third-order valence-electron chi connectivity index (χ3n) is 3.15. The highest BCUT2D eigenvalue weighted by Crippen LogP contribution is 2.17. The minimum Gasteiger partial charge on any atom is -0.381 e. The van der Waals surface area contributed by atoms with E-state index in [0.29, 0.717) is 26.4 Å². The Hall–Kier alpha value is -0.650. The Bertz CT molecular complexity index is 240. The minimum absolute atomic E-state index is 0.0496.